The zero-order valence-corrected chi connectivity index (χ0v) is 15.1. The fourth-order valence-electron chi connectivity index (χ4n) is 2.96. The molecule has 3 aromatic carbocycles. The number of aldehydes is 1. The fraction of sp³-hybridized carbons (Fsp3) is 0.182. The number of nitrogens with one attached hydrogen (secondary N) is 1. The second-order valence-corrected chi connectivity index (χ2v) is 6.02. The van der Waals surface area contributed by atoms with E-state index in [1.165, 1.54) is 0 Å². The summed E-state index contributed by atoms with van der Waals surface area (Å²) in [4.78, 5) is 23.6. The molecule has 0 unspecified atom stereocenters. The molecule has 5 heteroatoms. The van der Waals surface area contributed by atoms with Crippen LogP contribution in [0.2, 0.25) is 0 Å². The molecule has 0 radical (unpaired) electrons. The third kappa shape index (κ3) is 4.44. The summed E-state index contributed by atoms with van der Waals surface area (Å²) in [5, 5.41) is 4.58. The Bertz CT molecular complexity index is 952. The molecule has 1 N–H and O–H groups in total. The molecular formula is C22H21NO4. The lowest BCUT2D eigenvalue weighted by molar-refractivity contribution is -0.123. The molecule has 0 heterocycles. The summed E-state index contributed by atoms with van der Waals surface area (Å²) >= 11 is 0. The van der Waals surface area contributed by atoms with Gasteiger partial charge in [-0.3, -0.25) is 9.59 Å². The van der Waals surface area contributed by atoms with Crippen molar-refractivity contribution in [2.75, 3.05) is 20.3 Å². The number of hydrogen-bond donors (Lipinski definition) is 1. The molecule has 0 saturated heterocycles. The number of amides is 1. The Morgan fingerprint density at radius 3 is 2.59 bits per heavy atom. The molecule has 0 saturated carbocycles. The summed E-state index contributed by atoms with van der Waals surface area (Å²) in [7, 11) is 1.62. The molecule has 5 nitrogen and oxygen atoms in total. The first kappa shape index (κ1) is 18.5. The first-order chi connectivity index (χ1) is 13.2. The third-order valence-electron chi connectivity index (χ3n) is 4.32. The van der Waals surface area contributed by atoms with Gasteiger partial charge >= 0.3 is 0 Å². The number of rotatable bonds is 8. The first-order valence-corrected chi connectivity index (χ1v) is 8.71. The normalized spacial score (nSPS) is 10.4. The van der Waals surface area contributed by atoms with Crippen molar-refractivity contribution in [2.45, 2.75) is 6.42 Å². The summed E-state index contributed by atoms with van der Waals surface area (Å²) in [6.07, 6.45) is 1.42. The summed E-state index contributed by atoms with van der Waals surface area (Å²) < 4.78 is 10.9. The lowest BCUT2D eigenvalue weighted by Crippen LogP contribution is -2.30. The Kier molecular flexibility index (Phi) is 6.05. The Morgan fingerprint density at radius 2 is 1.78 bits per heavy atom. The zero-order valence-electron chi connectivity index (χ0n) is 15.1. The van der Waals surface area contributed by atoms with E-state index in [-0.39, 0.29) is 12.5 Å². The Morgan fingerprint density at radius 1 is 1.00 bits per heavy atom. The van der Waals surface area contributed by atoms with Gasteiger partial charge < -0.3 is 14.8 Å². The van der Waals surface area contributed by atoms with Crippen LogP contribution < -0.4 is 14.8 Å². The number of carbonyl (C=O) groups is 2. The molecule has 0 aliphatic heterocycles. The maximum absolute atomic E-state index is 12.1. The van der Waals surface area contributed by atoms with E-state index in [2.05, 4.69) is 5.32 Å². The van der Waals surface area contributed by atoms with Crippen LogP contribution in [0.5, 0.6) is 11.5 Å². The average molecular weight is 363 g/mol. The number of benzene rings is 3. The van der Waals surface area contributed by atoms with Gasteiger partial charge in [0.15, 0.2) is 12.9 Å². The van der Waals surface area contributed by atoms with Crippen molar-refractivity contribution in [3.63, 3.8) is 0 Å². The molecule has 138 valence electrons. The van der Waals surface area contributed by atoms with Gasteiger partial charge in [0.2, 0.25) is 0 Å². The second kappa shape index (κ2) is 8.85. The highest BCUT2D eigenvalue weighted by molar-refractivity contribution is 6.00. The van der Waals surface area contributed by atoms with Crippen LogP contribution in [-0.2, 0) is 11.2 Å². The maximum Gasteiger partial charge on any atom is 0.257 e. The van der Waals surface area contributed by atoms with Gasteiger partial charge in [-0.25, -0.2) is 0 Å². The van der Waals surface area contributed by atoms with Crippen LogP contribution in [0.25, 0.3) is 10.8 Å². The SMILES string of the molecule is COc1ccccc1CCNC(=O)COc1ccc2ccccc2c1C=O. The number of methoxy groups -OCH3 is 1. The molecular weight excluding hydrogens is 342 g/mol. The number of ether oxygens (including phenoxy) is 2. The summed E-state index contributed by atoms with van der Waals surface area (Å²) in [5.74, 6) is 0.966. The molecule has 0 atom stereocenters. The van der Waals surface area contributed by atoms with Crippen molar-refractivity contribution < 1.29 is 19.1 Å². The minimum atomic E-state index is -0.241. The van der Waals surface area contributed by atoms with Crippen LogP contribution in [0.3, 0.4) is 0 Å². The van der Waals surface area contributed by atoms with Crippen molar-refractivity contribution in [3.05, 3.63) is 71.8 Å². The zero-order chi connectivity index (χ0) is 19.1. The molecule has 0 aliphatic rings. The first-order valence-electron chi connectivity index (χ1n) is 8.71. The Hall–Kier alpha value is -3.34. The Labute approximate surface area is 157 Å². The van der Waals surface area contributed by atoms with Crippen LogP contribution in [0.4, 0.5) is 0 Å². The van der Waals surface area contributed by atoms with Gasteiger partial charge in [-0.2, -0.15) is 0 Å². The highest BCUT2D eigenvalue weighted by Crippen LogP contribution is 2.26. The molecule has 27 heavy (non-hydrogen) atoms. The lowest BCUT2D eigenvalue weighted by Gasteiger charge is -2.12. The van der Waals surface area contributed by atoms with Crippen molar-refractivity contribution in [1.82, 2.24) is 5.32 Å². The molecule has 0 fully saturated rings. The summed E-state index contributed by atoms with van der Waals surface area (Å²) in [6.45, 7) is 0.325. The Balaban J connectivity index is 1.56. The van der Waals surface area contributed by atoms with Crippen molar-refractivity contribution in [1.29, 1.82) is 0 Å². The van der Waals surface area contributed by atoms with E-state index in [0.29, 0.717) is 24.3 Å². The standard InChI is InChI=1S/C22H21NO4/c1-26-20-9-5-3-7-17(20)12-13-23-22(25)15-27-21-11-10-16-6-2-4-8-18(16)19(21)14-24/h2-11,14H,12-13,15H2,1H3,(H,23,25). The van der Waals surface area contributed by atoms with Crippen LogP contribution >= 0.6 is 0 Å². The number of carbonyl (C=O) groups excluding carboxylic acids is 2. The van der Waals surface area contributed by atoms with Gasteiger partial charge in [0.1, 0.15) is 11.5 Å². The van der Waals surface area contributed by atoms with Gasteiger partial charge in [-0.1, -0.05) is 48.5 Å². The van der Waals surface area contributed by atoms with Gasteiger partial charge in [-0.15, -0.1) is 0 Å². The minimum Gasteiger partial charge on any atom is -0.496 e. The van der Waals surface area contributed by atoms with Crippen molar-refractivity contribution in [2.24, 2.45) is 0 Å². The smallest absolute Gasteiger partial charge is 0.257 e. The second-order valence-electron chi connectivity index (χ2n) is 6.02. The number of fused-ring (bicyclic) bond motifs is 1. The molecule has 0 aromatic heterocycles. The van der Waals surface area contributed by atoms with Crippen molar-refractivity contribution in [3.8, 4) is 11.5 Å². The van der Waals surface area contributed by atoms with Gasteiger partial charge in [0.05, 0.1) is 12.7 Å². The maximum atomic E-state index is 12.1. The van der Waals surface area contributed by atoms with Gasteiger partial charge in [0.25, 0.3) is 5.91 Å². The van der Waals surface area contributed by atoms with E-state index >= 15 is 0 Å². The largest absolute Gasteiger partial charge is 0.496 e. The van der Waals surface area contributed by atoms with Gasteiger partial charge in [-0.05, 0) is 34.9 Å². The monoisotopic (exact) mass is 363 g/mol. The van der Waals surface area contributed by atoms with E-state index in [0.717, 1.165) is 28.4 Å². The molecule has 3 aromatic rings. The topological polar surface area (TPSA) is 64.6 Å². The van der Waals surface area contributed by atoms with Crippen LogP contribution in [0, 0.1) is 0 Å². The van der Waals surface area contributed by atoms with E-state index in [1.807, 2.05) is 54.6 Å². The lowest BCUT2D eigenvalue weighted by atomic mass is 10.0. The van der Waals surface area contributed by atoms with Crippen molar-refractivity contribution >= 4 is 23.0 Å². The van der Waals surface area contributed by atoms with E-state index < -0.39 is 0 Å². The molecule has 0 aliphatic carbocycles. The number of hydrogen-bond acceptors (Lipinski definition) is 4. The molecule has 3 rings (SSSR count). The summed E-state index contributed by atoms with van der Waals surface area (Å²) in [6, 6.07) is 18.8. The predicted molar refractivity (Wildman–Crippen MR) is 105 cm³/mol. The van der Waals surface area contributed by atoms with Crippen LogP contribution in [0.1, 0.15) is 15.9 Å². The van der Waals surface area contributed by atoms with Gasteiger partial charge in [0, 0.05) is 6.54 Å². The van der Waals surface area contributed by atoms with E-state index in [1.54, 1.807) is 13.2 Å². The third-order valence-corrected chi connectivity index (χ3v) is 4.32. The summed E-state index contributed by atoms with van der Waals surface area (Å²) in [5.41, 5.74) is 1.48. The predicted octanol–water partition coefficient (Wildman–Crippen LogP) is 3.40. The fourth-order valence-corrected chi connectivity index (χ4v) is 2.96. The minimum absolute atomic E-state index is 0.148. The van der Waals surface area contributed by atoms with Crippen LogP contribution in [-0.4, -0.2) is 32.5 Å². The van der Waals surface area contributed by atoms with E-state index in [4.69, 9.17) is 9.47 Å². The molecule has 0 spiro atoms. The van der Waals surface area contributed by atoms with Crippen LogP contribution in [0.15, 0.2) is 60.7 Å². The van der Waals surface area contributed by atoms with E-state index in [9.17, 15) is 9.59 Å². The quantitative estimate of drug-likeness (QED) is 0.623. The average Bonchev–Trinajstić information content (AvgIpc) is 2.72. The highest BCUT2D eigenvalue weighted by atomic mass is 16.5. The number of para-hydroxylation sites is 1. The highest BCUT2D eigenvalue weighted by Gasteiger charge is 2.10. The molecule has 0 bridgehead atoms. The molecule has 1 amide bonds.